The lowest BCUT2D eigenvalue weighted by Crippen LogP contribution is -2.44. The number of methoxy groups -OCH3 is 1. The Hall–Kier alpha value is -1.85. The first-order valence-electron chi connectivity index (χ1n) is 7.04. The van der Waals surface area contributed by atoms with Crippen LogP contribution in [-0.2, 0) is 4.79 Å². The highest BCUT2D eigenvalue weighted by Crippen LogP contribution is 2.24. The molecule has 20 heavy (non-hydrogen) atoms. The molecule has 6 heteroatoms. The molecule has 1 atom stereocenters. The van der Waals surface area contributed by atoms with Gasteiger partial charge in [0, 0.05) is 25.4 Å². The van der Waals surface area contributed by atoms with Gasteiger partial charge in [0.1, 0.15) is 6.10 Å². The second-order valence-electron chi connectivity index (χ2n) is 4.84. The third-order valence-corrected chi connectivity index (χ3v) is 3.30. The molecule has 1 aromatic heterocycles. The quantitative estimate of drug-likeness (QED) is 0.820. The van der Waals surface area contributed by atoms with Crippen molar-refractivity contribution in [1.29, 1.82) is 0 Å². The topological polar surface area (TPSA) is 64.6 Å². The number of hydrogen-bond donors (Lipinski definition) is 0. The SMILES string of the molecule is CCCC(=O)N1CCCC(Oc2nccnc2OC)C1. The third-order valence-electron chi connectivity index (χ3n) is 3.30. The molecule has 1 aromatic rings. The van der Waals surface area contributed by atoms with Crippen LogP contribution in [0.3, 0.4) is 0 Å². The minimum Gasteiger partial charge on any atom is -0.477 e. The molecule has 0 spiro atoms. The summed E-state index contributed by atoms with van der Waals surface area (Å²) < 4.78 is 11.0. The lowest BCUT2D eigenvalue weighted by molar-refractivity contribution is -0.133. The van der Waals surface area contributed by atoms with Crippen LogP contribution in [0.5, 0.6) is 11.8 Å². The zero-order valence-electron chi connectivity index (χ0n) is 12.0. The number of nitrogens with zero attached hydrogens (tertiary/aromatic N) is 3. The largest absolute Gasteiger partial charge is 0.477 e. The highest BCUT2D eigenvalue weighted by Gasteiger charge is 2.25. The Morgan fingerprint density at radius 2 is 2.15 bits per heavy atom. The van der Waals surface area contributed by atoms with E-state index in [0.717, 1.165) is 25.8 Å². The second kappa shape index (κ2) is 7.07. The fraction of sp³-hybridized carbons (Fsp3) is 0.643. The van der Waals surface area contributed by atoms with E-state index in [1.54, 1.807) is 12.4 Å². The van der Waals surface area contributed by atoms with Gasteiger partial charge in [-0.05, 0) is 19.3 Å². The van der Waals surface area contributed by atoms with Gasteiger partial charge in [-0.25, -0.2) is 9.97 Å². The van der Waals surface area contributed by atoms with Gasteiger partial charge in [-0.1, -0.05) is 6.92 Å². The van der Waals surface area contributed by atoms with Crippen molar-refractivity contribution >= 4 is 5.91 Å². The Morgan fingerprint density at radius 3 is 2.85 bits per heavy atom. The first kappa shape index (κ1) is 14.6. The number of piperidine rings is 1. The first-order valence-corrected chi connectivity index (χ1v) is 7.04. The van der Waals surface area contributed by atoms with Crippen LogP contribution < -0.4 is 9.47 Å². The molecule has 2 rings (SSSR count). The highest BCUT2D eigenvalue weighted by molar-refractivity contribution is 5.76. The van der Waals surface area contributed by atoms with Crippen molar-refractivity contribution in [2.24, 2.45) is 0 Å². The van der Waals surface area contributed by atoms with Gasteiger partial charge < -0.3 is 14.4 Å². The molecular formula is C14H21N3O3. The van der Waals surface area contributed by atoms with Crippen LogP contribution in [0, 0.1) is 0 Å². The average Bonchev–Trinajstić information content (AvgIpc) is 2.48. The van der Waals surface area contributed by atoms with Crippen molar-refractivity contribution < 1.29 is 14.3 Å². The summed E-state index contributed by atoms with van der Waals surface area (Å²) >= 11 is 0. The zero-order chi connectivity index (χ0) is 14.4. The van der Waals surface area contributed by atoms with Gasteiger partial charge in [-0.2, -0.15) is 0 Å². The predicted octanol–water partition coefficient (Wildman–Crippen LogP) is 1.66. The summed E-state index contributed by atoms with van der Waals surface area (Å²) in [5.74, 6) is 0.973. The van der Waals surface area contributed by atoms with E-state index >= 15 is 0 Å². The lowest BCUT2D eigenvalue weighted by atomic mass is 10.1. The summed E-state index contributed by atoms with van der Waals surface area (Å²) in [5, 5.41) is 0. The molecule has 0 radical (unpaired) electrons. The fourth-order valence-corrected chi connectivity index (χ4v) is 2.32. The van der Waals surface area contributed by atoms with E-state index in [2.05, 4.69) is 9.97 Å². The number of carbonyl (C=O) groups excluding carboxylic acids is 1. The standard InChI is InChI=1S/C14H21N3O3/c1-3-5-12(18)17-9-4-6-11(10-17)20-14-13(19-2)15-7-8-16-14/h7-8,11H,3-6,9-10H2,1-2H3. The van der Waals surface area contributed by atoms with E-state index in [4.69, 9.17) is 9.47 Å². The normalized spacial score (nSPS) is 18.7. The van der Waals surface area contributed by atoms with Gasteiger partial charge in [-0.3, -0.25) is 4.79 Å². The molecule has 1 saturated heterocycles. The maximum atomic E-state index is 11.9. The summed E-state index contributed by atoms with van der Waals surface area (Å²) in [6.07, 6.45) is 6.41. The van der Waals surface area contributed by atoms with Gasteiger partial charge in [0.2, 0.25) is 5.91 Å². The lowest BCUT2D eigenvalue weighted by Gasteiger charge is -2.32. The van der Waals surface area contributed by atoms with E-state index in [0.29, 0.717) is 24.7 Å². The maximum Gasteiger partial charge on any atom is 0.278 e. The number of likely N-dealkylation sites (tertiary alicyclic amines) is 1. The average molecular weight is 279 g/mol. The van der Waals surface area contributed by atoms with Crippen LogP contribution in [0.4, 0.5) is 0 Å². The van der Waals surface area contributed by atoms with Crippen LogP contribution in [0.15, 0.2) is 12.4 Å². The van der Waals surface area contributed by atoms with E-state index < -0.39 is 0 Å². The highest BCUT2D eigenvalue weighted by atomic mass is 16.5. The summed E-state index contributed by atoms with van der Waals surface area (Å²) in [6.45, 7) is 3.44. The number of amides is 1. The summed E-state index contributed by atoms with van der Waals surface area (Å²) in [5.41, 5.74) is 0. The minimum atomic E-state index is -0.0462. The Balaban J connectivity index is 1.97. The molecule has 0 N–H and O–H groups in total. The predicted molar refractivity (Wildman–Crippen MR) is 73.7 cm³/mol. The van der Waals surface area contributed by atoms with Crippen LogP contribution in [-0.4, -0.2) is 47.1 Å². The number of hydrogen-bond acceptors (Lipinski definition) is 5. The van der Waals surface area contributed by atoms with Crippen molar-refractivity contribution in [3.8, 4) is 11.8 Å². The number of aromatic nitrogens is 2. The smallest absolute Gasteiger partial charge is 0.278 e. The molecule has 2 heterocycles. The van der Waals surface area contributed by atoms with Gasteiger partial charge in [0.15, 0.2) is 0 Å². The molecule has 0 aromatic carbocycles. The molecule has 1 aliphatic rings. The maximum absolute atomic E-state index is 11.9. The Kier molecular flexibility index (Phi) is 5.15. The number of rotatable bonds is 5. The monoisotopic (exact) mass is 279 g/mol. The van der Waals surface area contributed by atoms with Crippen LogP contribution >= 0.6 is 0 Å². The van der Waals surface area contributed by atoms with E-state index in [-0.39, 0.29) is 12.0 Å². The summed E-state index contributed by atoms with van der Waals surface area (Å²) in [4.78, 5) is 22.0. The fourth-order valence-electron chi connectivity index (χ4n) is 2.32. The van der Waals surface area contributed by atoms with E-state index in [1.165, 1.54) is 7.11 Å². The third kappa shape index (κ3) is 3.59. The minimum absolute atomic E-state index is 0.0462. The molecule has 1 unspecified atom stereocenters. The van der Waals surface area contributed by atoms with Crippen molar-refractivity contribution in [2.75, 3.05) is 20.2 Å². The second-order valence-corrected chi connectivity index (χ2v) is 4.84. The summed E-state index contributed by atoms with van der Waals surface area (Å²) in [7, 11) is 1.54. The van der Waals surface area contributed by atoms with Gasteiger partial charge in [0.05, 0.1) is 13.7 Å². The van der Waals surface area contributed by atoms with Gasteiger partial charge in [-0.15, -0.1) is 0 Å². The molecule has 110 valence electrons. The Bertz CT molecular complexity index is 453. The van der Waals surface area contributed by atoms with Crippen LogP contribution in [0.25, 0.3) is 0 Å². The number of carbonyl (C=O) groups is 1. The van der Waals surface area contributed by atoms with Crippen molar-refractivity contribution in [3.05, 3.63) is 12.4 Å². The van der Waals surface area contributed by atoms with Crippen molar-refractivity contribution in [3.63, 3.8) is 0 Å². The van der Waals surface area contributed by atoms with Crippen LogP contribution in [0.2, 0.25) is 0 Å². The summed E-state index contributed by atoms with van der Waals surface area (Å²) in [6, 6.07) is 0. The first-order chi connectivity index (χ1) is 9.74. The molecule has 0 bridgehead atoms. The molecule has 1 fully saturated rings. The van der Waals surface area contributed by atoms with Gasteiger partial charge in [0.25, 0.3) is 11.8 Å². The molecular weight excluding hydrogens is 258 g/mol. The van der Waals surface area contributed by atoms with Crippen molar-refractivity contribution in [2.45, 2.75) is 38.7 Å². The zero-order valence-corrected chi connectivity index (χ0v) is 12.0. The number of ether oxygens (including phenoxy) is 2. The molecule has 1 aliphatic heterocycles. The molecule has 1 amide bonds. The van der Waals surface area contributed by atoms with E-state index in [9.17, 15) is 4.79 Å². The van der Waals surface area contributed by atoms with Crippen LogP contribution in [0.1, 0.15) is 32.6 Å². The van der Waals surface area contributed by atoms with Crippen molar-refractivity contribution in [1.82, 2.24) is 14.9 Å². The molecule has 0 aliphatic carbocycles. The molecule has 0 saturated carbocycles. The Morgan fingerprint density at radius 1 is 1.40 bits per heavy atom. The Labute approximate surface area is 119 Å². The van der Waals surface area contributed by atoms with E-state index in [1.807, 2.05) is 11.8 Å². The molecule has 6 nitrogen and oxygen atoms in total. The van der Waals surface area contributed by atoms with Gasteiger partial charge >= 0.3 is 0 Å².